The molecule has 1 heterocycles. The van der Waals surface area contributed by atoms with Gasteiger partial charge in [0.05, 0.1) is 5.02 Å². The third kappa shape index (κ3) is 1.96. The Hall–Kier alpha value is -0.470. The van der Waals surface area contributed by atoms with Gasteiger partial charge in [-0.25, -0.2) is 0 Å². The van der Waals surface area contributed by atoms with Crippen molar-refractivity contribution in [2.24, 2.45) is 0 Å². The van der Waals surface area contributed by atoms with Crippen molar-refractivity contribution in [3.63, 3.8) is 0 Å². The van der Waals surface area contributed by atoms with Gasteiger partial charge in [-0.1, -0.05) is 17.7 Å². The highest BCUT2D eigenvalue weighted by Crippen LogP contribution is 2.37. The normalized spacial score (nSPS) is 14.1. The van der Waals surface area contributed by atoms with E-state index in [0.29, 0.717) is 6.42 Å². The van der Waals surface area contributed by atoms with Gasteiger partial charge in [0.2, 0.25) is 0 Å². The van der Waals surface area contributed by atoms with Crippen LogP contribution in [0.2, 0.25) is 5.02 Å². The van der Waals surface area contributed by atoms with Gasteiger partial charge in [0.15, 0.2) is 0 Å². The smallest absolute Gasteiger partial charge is 0.134 e. The molecule has 0 saturated heterocycles. The molecule has 1 aromatic carbocycles. The predicted octanol–water partition coefficient (Wildman–Crippen LogP) is 3.12. The van der Waals surface area contributed by atoms with Gasteiger partial charge in [0.1, 0.15) is 5.78 Å². The number of hydrogen-bond donors (Lipinski definition) is 0. The van der Waals surface area contributed by atoms with Crippen molar-refractivity contribution in [1.82, 2.24) is 0 Å². The molecule has 1 aliphatic rings. The molecule has 0 fully saturated rings. The van der Waals surface area contributed by atoms with Gasteiger partial charge in [-0.05, 0) is 30.5 Å². The molecule has 0 atom stereocenters. The lowest BCUT2D eigenvalue weighted by Crippen LogP contribution is -1.97. The lowest BCUT2D eigenvalue weighted by Gasteiger charge is -2.05. The molecule has 2 rings (SSSR count). The maximum absolute atomic E-state index is 11.0. The molecule has 0 unspecified atom stereocenters. The van der Waals surface area contributed by atoms with Crippen molar-refractivity contribution >= 4 is 29.1 Å². The van der Waals surface area contributed by atoms with Crippen LogP contribution in [0.3, 0.4) is 0 Å². The van der Waals surface area contributed by atoms with Gasteiger partial charge in [-0.3, -0.25) is 4.79 Å². The highest BCUT2D eigenvalue weighted by Gasteiger charge is 2.16. The van der Waals surface area contributed by atoms with Crippen LogP contribution in [-0.2, 0) is 17.6 Å². The van der Waals surface area contributed by atoms with Crippen molar-refractivity contribution < 1.29 is 4.79 Å². The molecular formula is C11H11ClOS. The number of carbonyl (C=O) groups excluding carboxylic acids is 1. The summed E-state index contributed by atoms with van der Waals surface area (Å²) in [4.78, 5) is 12.2. The maximum Gasteiger partial charge on any atom is 0.134 e. The first-order chi connectivity index (χ1) is 6.66. The van der Waals surface area contributed by atoms with E-state index in [1.807, 2.05) is 6.07 Å². The molecule has 0 N–H and O–H groups in total. The summed E-state index contributed by atoms with van der Waals surface area (Å²) in [6, 6.07) is 4.03. The number of fused-ring (bicyclic) bond motifs is 1. The number of aryl methyl sites for hydroxylation is 1. The molecule has 74 valence electrons. The molecule has 14 heavy (non-hydrogen) atoms. The summed E-state index contributed by atoms with van der Waals surface area (Å²) in [6.45, 7) is 1.61. The number of carbonyl (C=O) groups is 1. The second kappa shape index (κ2) is 3.95. The first-order valence-electron chi connectivity index (χ1n) is 4.60. The fraction of sp³-hybridized carbons (Fsp3) is 0.364. The van der Waals surface area contributed by atoms with Crippen molar-refractivity contribution in [3.8, 4) is 0 Å². The van der Waals surface area contributed by atoms with E-state index >= 15 is 0 Å². The highest BCUT2D eigenvalue weighted by atomic mass is 35.5. The Morgan fingerprint density at radius 2 is 2.36 bits per heavy atom. The maximum atomic E-state index is 11.0. The topological polar surface area (TPSA) is 17.1 Å². The van der Waals surface area contributed by atoms with E-state index in [1.54, 1.807) is 18.7 Å². The summed E-state index contributed by atoms with van der Waals surface area (Å²) < 4.78 is 0. The van der Waals surface area contributed by atoms with E-state index in [0.717, 1.165) is 22.8 Å². The molecule has 0 spiro atoms. The van der Waals surface area contributed by atoms with Crippen molar-refractivity contribution in [2.45, 2.75) is 24.7 Å². The van der Waals surface area contributed by atoms with Gasteiger partial charge in [-0.15, -0.1) is 11.8 Å². The Morgan fingerprint density at radius 1 is 1.57 bits per heavy atom. The van der Waals surface area contributed by atoms with Crippen LogP contribution in [0.25, 0.3) is 0 Å². The average Bonchev–Trinajstić information content (AvgIpc) is 2.50. The number of thioether (sulfide) groups is 1. The minimum atomic E-state index is 0.187. The van der Waals surface area contributed by atoms with Crippen LogP contribution in [0.5, 0.6) is 0 Å². The van der Waals surface area contributed by atoms with Gasteiger partial charge in [0, 0.05) is 17.1 Å². The van der Waals surface area contributed by atoms with Crippen LogP contribution >= 0.6 is 23.4 Å². The molecular weight excluding hydrogens is 216 g/mol. The van der Waals surface area contributed by atoms with Crippen molar-refractivity contribution in [2.75, 3.05) is 5.75 Å². The number of rotatable bonds is 2. The van der Waals surface area contributed by atoms with Crippen LogP contribution in [0.4, 0.5) is 0 Å². The SMILES string of the molecule is CC(=O)Cc1cc(Cl)c2c(c1)CCS2. The summed E-state index contributed by atoms with van der Waals surface area (Å²) in [6.07, 6.45) is 1.57. The Bertz CT molecular complexity index is 387. The number of halogens is 1. The first-order valence-corrected chi connectivity index (χ1v) is 5.96. The van der Waals surface area contributed by atoms with Crippen LogP contribution in [0.1, 0.15) is 18.1 Å². The Kier molecular flexibility index (Phi) is 2.84. The zero-order valence-corrected chi connectivity index (χ0v) is 9.54. The molecule has 0 aromatic heterocycles. The minimum absolute atomic E-state index is 0.187. The van der Waals surface area contributed by atoms with E-state index in [-0.39, 0.29) is 5.78 Å². The Morgan fingerprint density at radius 3 is 3.07 bits per heavy atom. The molecule has 0 amide bonds. The van der Waals surface area contributed by atoms with Crippen LogP contribution < -0.4 is 0 Å². The van der Waals surface area contributed by atoms with Crippen LogP contribution in [0, 0.1) is 0 Å². The van der Waals surface area contributed by atoms with E-state index in [4.69, 9.17) is 11.6 Å². The van der Waals surface area contributed by atoms with Gasteiger partial charge in [0.25, 0.3) is 0 Å². The number of benzene rings is 1. The summed E-state index contributed by atoms with van der Waals surface area (Å²) in [7, 11) is 0. The van der Waals surface area contributed by atoms with E-state index in [1.165, 1.54) is 10.5 Å². The summed E-state index contributed by atoms with van der Waals surface area (Å²) in [5, 5.41) is 0.807. The van der Waals surface area contributed by atoms with E-state index < -0.39 is 0 Å². The quantitative estimate of drug-likeness (QED) is 0.771. The van der Waals surface area contributed by atoms with E-state index in [9.17, 15) is 4.79 Å². The van der Waals surface area contributed by atoms with Gasteiger partial charge >= 0.3 is 0 Å². The minimum Gasteiger partial charge on any atom is -0.300 e. The summed E-state index contributed by atoms with van der Waals surface area (Å²) in [5.74, 6) is 1.30. The Labute approximate surface area is 92.8 Å². The molecule has 0 bridgehead atoms. The molecule has 0 radical (unpaired) electrons. The van der Waals surface area contributed by atoms with Crippen LogP contribution in [0.15, 0.2) is 17.0 Å². The summed E-state index contributed by atoms with van der Waals surface area (Å²) in [5.41, 5.74) is 2.35. The number of Topliss-reactive ketones (excluding diaryl/α,β-unsaturated/α-hetero) is 1. The number of ketones is 1. The molecule has 1 aromatic rings. The summed E-state index contributed by atoms with van der Waals surface area (Å²) >= 11 is 7.93. The average molecular weight is 227 g/mol. The molecule has 0 aliphatic carbocycles. The van der Waals surface area contributed by atoms with Crippen LogP contribution in [-0.4, -0.2) is 11.5 Å². The standard InChI is InChI=1S/C11H11ClOS/c1-7(13)4-8-5-9-2-3-14-11(9)10(12)6-8/h5-6H,2-4H2,1H3. The van der Waals surface area contributed by atoms with E-state index in [2.05, 4.69) is 6.07 Å². The zero-order valence-electron chi connectivity index (χ0n) is 7.97. The predicted molar refractivity (Wildman–Crippen MR) is 60.3 cm³/mol. The van der Waals surface area contributed by atoms with Gasteiger partial charge < -0.3 is 0 Å². The Balaban J connectivity index is 2.36. The molecule has 1 aliphatic heterocycles. The number of hydrogen-bond acceptors (Lipinski definition) is 2. The third-order valence-corrected chi connectivity index (χ3v) is 3.84. The third-order valence-electron chi connectivity index (χ3n) is 2.25. The zero-order chi connectivity index (χ0) is 10.1. The largest absolute Gasteiger partial charge is 0.300 e. The fourth-order valence-corrected chi connectivity index (χ4v) is 3.21. The fourth-order valence-electron chi connectivity index (χ4n) is 1.71. The highest BCUT2D eigenvalue weighted by molar-refractivity contribution is 7.99. The molecule has 0 saturated carbocycles. The lowest BCUT2D eigenvalue weighted by atomic mass is 10.1. The monoisotopic (exact) mass is 226 g/mol. The lowest BCUT2D eigenvalue weighted by molar-refractivity contribution is -0.116. The second-order valence-corrected chi connectivity index (χ2v) is 5.06. The first kappa shape index (κ1) is 10.1. The molecule has 1 nitrogen and oxygen atoms in total. The van der Waals surface area contributed by atoms with Gasteiger partial charge in [-0.2, -0.15) is 0 Å². The van der Waals surface area contributed by atoms with Crippen molar-refractivity contribution in [3.05, 3.63) is 28.3 Å². The molecule has 3 heteroatoms. The van der Waals surface area contributed by atoms with Crippen molar-refractivity contribution in [1.29, 1.82) is 0 Å². The second-order valence-electron chi connectivity index (χ2n) is 3.54.